The van der Waals surface area contributed by atoms with Crippen molar-refractivity contribution in [3.05, 3.63) is 34.3 Å². The average molecular weight is 194 g/mol. The van der Waals surface area contributed by atoms with E-state index in [0.717, 1.165) is 18.1 Å². The largest absolute Gasteiger partial charge is 0.312 e. The summed E-state index contributed by atoms with van der Waals surface area (Å²) in [5, 5.41) is 4.43. The van der Waals surface area contributed by atoms with Gasteiger partial charge in [-0.05, 0) is 30.0 Å². The van der Waals surface area contributed by atoms with Gasteiger partial charge in [-0.25, -0.2) is 0 Å². The van der Waals surface area contributed by atoms with Crippen molar-refractivity contribution in [3.63, 3.8) is 0 Å². The summed E-state index contributed by atoms with van der Waals surface area (Å²) >= 11 is 6.24. The summed E-state index contributed by atoms with van der Waals surface area (Å²) < 4.78 is 0. The molecule has 1 aliphatic heterocycles. The van der Waals surface area contributed by atoms with Crippen LogP contribution in [0.3, 0.4) is 0 Å². The molecule has 1 saturated carbocycles. The highest BCUT2D eigenvalue weighted by atomic mass is 35.5. The molecule has 1 spiro atoms. The highest BCUT2D eigenvalue weighted by Crippen LogP contribution is 2.52. The third-order valence-electron chi connectivity index (χ3n) is 3.26. The van der Waals surface area contributed by atoms with Gasteiger partial charge in [0.25, 0.3) is 0 Å². The topological polar surface area (TPSA) is 12.0 Å². The first kappa shape index (κ1) is 7.84. The molecule has 1 aliphatic carbocycles. The van der Waals surface area contributed by atoms with Gasteiger partial charge in [-0.3, -0.25) is 0 Å². The van der Waals surface area contributed by atoms with E-state index in [0.29, 0.717) is 5.41 Å². The van der Waals surface area contributed by atoms with Gasteiger partial charge < -0.3 is 5.32 Å². The van der Waals surface area contributed by atoms with Crippen LogP contribution in [-0.4, -0.2) is 6.54 Å². The summed E-state index contributed by atoms with van der Waals surface area (Å²) in [4.78, 5) is 0. The Labute approximate surface area is 83.1 Å². The van der Waals surface area contributed by atoms with Crippen LogP contribution in [0.1, 0.15) is 24.0 Å². The summed E-state index contributed by atoms with van der Waals surface area (Å²) in [5.74, 6) is 0. The van der Waals surface area contributed by atoms with Gasteiger partial charge in [-0.15, -0.1) is 0 Å². The van der Waals surface area contributed by atoms with Crippen LogP contribution in [0, 0.1) is 0 Å². The van der Waals surface area contributed by atoms with Gasteiger partial charge >= 0.3 is 0 Å². The van der Waals surface area contributed by atoms with Crippen molar-refractivity contribution in [2.24, 2.45) is 0 Å². The Morgan fingerprint density at radius 1 is 1.31 bits per heavy atom. The third kappa shape index (κ3) is 1.04. The van der Waals surface area contributed by atoms with Gasteiger partial charge in [0.05, 0.1) is 0 Å². The Kier molecular flexibility index (Phi) is 1.50. The fraction of sp³-hybridized carbons (Fsp3) is 0.455. The molecular formula is C11H12ClN. The average Bonchev–Trinajstić information content (AvgIpc) is 2.86. The van der Waals surface area contributed by atoms with Crippen LogP contribution < -0.4 is 5.32 Å². The molecule has 2 aliphatic rings. The van der Waals surface area contributed by atoms with E-state index in [4.69, 9.17) is 11.6 Å². The lowest BCUT2D eigenvalue weighted by molar-refractivity contribution is 0.531. The molecular weight excluding hydrogens is 182 g/mol. The predicted octanol–water partition coefficient (Wildman–Crippen LogP) is 2.47. The molecule has 2 heteroatoms. The number of halogens is 1. The minimum absolute atomic E-state index is 0.409. The van der Waals surface area contributed by atoms with Crippen LogP contribution in [0.5, 0.6) is 0 Å². The van der Waals surface area contributed by atoms with E-state index in [1.807, 2.05) is 12.1 Å². The van der Waals surface area contributed by atoms with Gasteiger partial charge in [0, 0.05) is 23.5 Å². The molecule has 0 radical (unpaired) electrons. The van der Waals surface area contributed by atoms with Crippen molar-refractivity contribution < 1.29 is 0 Å². The number of fused-ring (bicyclic) bond motifs is 2. The highest BCUT2D eigenvalue weighted by molar-refractivity contribution is 6.31. The van der Waals surface area contributed by atoms with Crippen LogP contribution >= 0.6 is 11.6 Å². The molecule has 1 aromatic rings. The minimum atomic E-state index is 0.409. The molecule has 1 N–H and O–H groups in total. The molecule has 68 valence electrons. The molecule has 1 fully saturated rings. The standard InChI is InChI=1S/C11H12ClN/c12-9-3-1-2-8-6-13-7-11(4-5-11)10(8)9/h1-3,13H,4-7H2. The van der Waals surface area contributed by atoms with E-state index in [9.17, 15) is 0 Å². The maximum Gasteiger partial charge on any atom is 0.0447 e. The number of hydrogen-bond acceptors (Lipinski definition) is 1. The molecule has 0 amide bonds. The van der Waals surface area contributed by atoms with Crippen molar-refractivity contribution in [1.29, 1.82) is 0 Å². The van der Waals surface area contributed by atoms with E-state index in [1.165, 1.54) is 24.0 Å². The lowest BCUT2D eigenvalue weighted by atomic mass is 9.88. The summed E-state index contributed by atoms with van der Waals surface area (Å²) in [6.45, 7) is 2.10. The summed E-state index contributed by atoms with van der Waals surface area (Å²) in [5.41, 5.74) is 3.23. The quantitative estimate of drug-likeness (QED) is 0.668. The van der Waals surface area contributed by atoms with Gasteiger partial charge in [0.15, 0.2) is 0 Å². The third-order valence-corrected chi connectivity index (χ3v) is 3.58. The van der Waals surface area contributed by atoms with Gasteiger partial charge in [-0.2, -0.15) is 0 Å². The van der Waals surface area contributed by atoms with Crippen molar-refractivity contribution in [3.8, 4) is 0 Å². The molecule has 0 saturated heterocycles. The van der Waals surface area contributed by atoms with E-state index in [-0.39, 0.29) is 0 Å². The molecule has 1 heterocycles. The highest BCUT2D eigenvalue weighted by Gasteiger charge is 2.47. The molecule has 1 aromatic carbocycles. The van der Waals surface area contributed by atoms with Crippen molar-refractivity contribution in [1.82, 2.24) is 5.32 Å². The van der Waals surface area contributed by atoms with Crippen LogP contribution in [0.15, 0.2) is 18.2 Å². The van der Waals surface area contributed by atoms with Gasteiger partial charge in [0.2, 0.25) is 0 Å². The van der Waals surface area contributed by atoms with Crippen LogP contribution in [0.2, 0.25) is 5.02 Å². The zero-order valence-corrected chi connectivity index (χ0v) is 8.19. The lowest BCUT2D eigenvalue weighted by Gasteiger charge is -2.27. The zero-order valence-electron chi connectivity index (χ0n) is 7.44. The smallest absolute Gasteiger partial charge is 0.0447 e. The Bertz CT molecular complexity index is 355. The molecule has 1 nitrogen and oxygen atoms in total. The number of nitrogens with one attached hydrogen (secondary N) is 1. The molecule has 0 unspecified atom stereocenters. The Hall–Kier alpha value is -0.530. The maximum absolute atomic E-state index is 6.24. The van der Waals surface area contributed by atoms with Crippen LogP contribution in [-0.2, 0) is 12.0 Å². The number of hydrogen-bond donors (Lipinski definition) is 1. The summed E-state index contributed by atoms with van der Waals surface area (Å²) in [6.07, 6.45) is 2.60. The van der Waals surface area contributed by atoms with E-state index >= 15 is 0 Å². The van der Waals surface area contributed by atoms with Gasteiger partial charge in [0.1, 0.15) is 0 Å². The Morgan fingerprint density at radius 3 is 2.92 bits per heavy atom. The normalized spacial score (nSPS) is 22.8. The summed E-state index contributed by atoms with van der Waals surface area (Å²) in [6, 6.07) is 6.25. The van der Waals surface area contributed by atoms with E-state index in [1.54, 1.807) is 0 Å². The van der Waals surface area contributed by atoms with E-state index < -0.39 is 0 Å². The first-order chi connectivity index (χ1) is 6.32. The molecule has 13 heavy (non-hydrogen) atoms. The predicted molar refractivity (Wildman–Crippen MR) is 54.1 cm³/mol. The lowest BCUT2D eigenvalue weighted by Crippen LogP contribution is -2.33. The monoisotopic (exact) mass is 193 g/mol. The van der Waals surface area contributed by atoms with Crippen LogP contribution in [0.4, 0.5) is 0 Å². The SMILES string of the molecule is Clc1cccc2c1C1(CC1)CNC2. The van der Waals surface area contributed by atoms with Crippen molar-refractivity contribution in [2.75, 3.05) is 6.54 Å². The van der Waals surface area contributed by atoms with Gasteiger partial charge in [-0.1, -0.05) is 23.7 Å². The maximum atomic E-state index is 6.24. The second-order valence-corrected chi connectivity index (χ2v) is 4.57. The molecule has 0 aromatic heterocycles. The molecule has 0 atom stereocenters. The fourth-order valence-electron chi connectivity index (χ4n) is 2.41. The molecule has 3 rings (SSSR count). The summed E-state index contributed by atoms with van der Waals surface area (Å²) in [7, 11) is 0. The van der Waals surface area contributed by atoms with Crippen LogP contribution in [0.25, 0.3) is 0 Å². The second kappa shape index (κ2) is 2.49. The zero-order chi connectivity index (χ0) is 8.89. The first-order valence-electron chi connectivity index (χ1n) is 4.80. The Balaban J connectivity index is 2.21. The van der Waals surface area contributed by atoms with E-state index in [2.05, 4.69) is 11.4 Å². The van der Waals surface area contributed by atoms with Crippen molar-refractivity contribution >= 4 is 11.6 Å². The Morgan fingerprint density at radius 2 is 2.15 bits per heavy atom. The van der Waals surface area contributed by atoms with Crippen molar-refractivity contribution in [2.45, 2.75) is 24.8 Å². The second-order valence-electron chi connectivity index (χ2n) is 4.16. The fourth-order valence-corrected chi connectivity index (χ4v) is 2.81. The number of rotatable bonds is 0. The minimum Gasteiger partial charge on any atom is -0.312 e. The first-order valence-corrected chi connectivity index (χ1v) is 5.18. The number of benzene rings is 1. The molecule has 0 bridgehead atoms.